The van der Waals surface area contributed by atoms with E-state index >= 15 is 0 Å². The van der Waals surface area contributed by atoms with Gasteiger partial charge in [0.2, 0.25) is 0 Å². The molecule has 1 aliphatic rings. The lowest BCUT2D eigenvalue weighted by molar-refractivity contribution is -0.150. The topological polar surface area (TPSA) is 63.6 Å². The normalized spacial score (nSPS) is 22.7. The van der Waals surface area contributed by atoms with Crippen molar-refractivity contribution in [2.45, 2.75) is 108 Å². The van der Waals surface area contributed by atoms with E-state index in [0.717, 1.165) is 25.7 Å². The van der Waals surface area contributed by atoms with Crippen LogP contribution in [0.2, 0.25) is 0 Å². The van der Waals surface area contributed by atoms with Crippen molar-refractivity contribution in [3.8, 4) is 0 Å². The highest BCUT2D eigenvalue weighted by Crippen LogP contribution is 2.24. The molecule has 0 aromatic carbocycles. The summed E-state index contributed by atoms with van der Waals surface area (Å²) < 4.78 is 25.5. The summed E-state index contributed by atoms with van der Waals surface area (Å²) in [5.74, 6) is -0.0958. The van der Waals surface area contributed by atoms with Crippen LogP contribution in [0.5, 0.6) is 0 Å². The molecule has 0 spiro atoms. The van der Waals surface area contributed by atoms with Gasteiger partial charge >= 0.3 is 5.97 Å². The Morgan fingerprint density at radius 3 is 2.00 bits per heavy atom. The first kappa shape index (κ1) is 20.6. The van der Waals surface area contributed by atoms with Gasteiger partial charge in [-0.15, -0.1) is 0 Å². The molecule has 1 aliphatic carbocycles. The van der Waals surface area contributed by atoms with Gasteiger partial charge in [-0.3, -0.25) is 4.79 Å². The summed E-state index contributed by atoms with van der Waals surface area (Å²) in [5.41, 5.74) is 0. The van der Waals surface area contributed by atoms with Crippen molar-refractivity contribution in [3.63, 3.8) is 0 Å². The molecular weight excluding hydrogens is 312 g/mol. The summed E-state index contributed by atoms with van der Waals surface area (Å²) in [6, 6.07) is 0. The summed E-state index contributed by atoms with van der Waals surface area (Å²) >= 11 is -1.73. The lowest BCUT2D eigenvalue weighted by atomic mass is 9.97. The van der Waals surface area contributed by atoms with Gasteiger partial charge < -0.3 is 9.29 Å². The maximum atomic E-state index is 11.8. The quantitative estimate of drug-likeness (QED) is 0.307. The van der Waals surface area contributed by atoms with Crippen LogP contribution >= 0.6 is 0 Å². The Kier molecular flexibility index (Phi) is 11.6. The van der Waals surface area contributed by atoms with E-state index in [2.05, 4.69) is 6.92 Å². The third-order valence-electron chi connectivity index (χ3n) is 4.69. The Hall–Kier alpha value is -0.420. The maximum absolute atomic E-state index is 11.8. The van der Waals surface area contributed by atoms with Crippen molar-refractivity contribution in [1.29, 1.82) is 0 Å². The molecule has 0 saturated heterocycles. The molecule has 4 nitrogen and oxygen atoms in total. The van der Waals surface area contributed by atoms with Gasteiger partial charge in [0, 0.05) is 6.42 Å². The van der Waals surface area contributed by atoms with Gasteiger partial charge in [-0.25, -0.2) is 4.21 Å². The Labute approximate surface area is 144 Å². The minimum absolute atomic E-state index is 0.0409. The molecule has 0 radical (unpaired) electrons. The molecule has 0 aromatic rings. The molecule has 0 aliphatic heterocycles. The highest BCUT2D eigenvalue weighted by atomic mass is 32.2. The van der Waals surface area contributed by atoms with Gasteiger partial charge in [0.05, 0.1) is 5.25 Å². The number of unbranched alkanes of at least 4 members (excludes halogenated alkanes) is 8. The second kappa shape index (κ2) is 12.9. The second-order valence-electron chi connectivity index (χ2n) is 6.74. The van der Waals surface area contributed by atoms with Crippen molar-refractivity contribution >= 4 is 17.0 Å². The number of esters is 1. The van der Waals surface area contributed by atoms with Gasteiger partial charge in [0.1, 0.15) is 6.10 Å². The summed E-state index contributed by atoms with van der Waals surface area (Å²) in [6.45, 7) is 2.23. The Morgan fingerprint density at radius 1 is 0.957 bits per heavy atom. The smallest absolute Gasteiger partial charge is 0.306 e. The first-order valence-electron chi connectivity index (χ1n) is 9.42. The van der Waals surface area contributed by atoms with Crippen LogP contribution in [0.1, 0.15) is 96.8 Å². The molecule has 1 fully saturated rings. The fourth-order valence-corrected chi connectivity index (χ4v) is 3.85. The highest BCUT2D eigenvalue weighted by Gasteiger charge is 2.26. The van der Waals surface area contributed by atoms with Crippen molar-refractivity contribution in [2.24, 2.45) is 0 Å². The van der Waals surface area contributed by atoms with E-state index < -0.39 is 11.1 Å². The first-order valence-corrected chi connectivity index (χ1v) is 10.6. The number of hydrogen-bond donors (Lipinski definition) is 1. The Balaban J connectivity index is 1.94. The first-order chi connectivity index (χ1) is 11.1. The molecule has 136 valence electrons. The third-order valence-corrected chi connectivity index (χ3v) is 5.73. The third kappa shape index (κ3) is 10.1. The van der Waals surface area contributed by atoms with Crippen molar-refractivity contribution in [1.82, 2.24) is 0 Å². The summed E-state index contributed by atoms with van der Waals surface area (Å²) in [6.07, 6.45) is 14.5. The number of ether oxygens (including phenoxy) is 1. The van der Waals surface area contributed by atoms with Crippen LogP contribution in [0.4, 0.5) is 0 Å². The van der Waals surface area contributed by atoms with E-state index in [0.29, 0.717) is 19.3 Å². The van der Waals surface area contributed by atoms with E-state index in [9.17, 15) is 9.00 Å². The maximum Gasteiger partial charge on any atom is 0.306 e. The van der Waals surface area contributed by atoms with Crippen LogP contribution in [-0.4, -0.2) is 26.1 Å². The second-order valence-corrected chi connectivity index (χ2v) is 7.96. The average molecular weight is 347 g/mol. The number of carbonyl (C=O) groups is 1. The molecule has 1 saturated carbocycles. The van der Waals surface area contributed by atoms with E-state index in [1.807, 2.05) is 0 Å². The van der Waals surface area contributed by atoms with Crippen LogP contribution < -0.4 is 0 Å². The fraction of sp³-hybridized carbons (Fsp3) is 0.944. The molecule has 1 rings (SSSR count). The molecule has 5 heteroatoms. The summed E-state index contributed by atoms with van der Waals surface area (Å²) in [4.78, 5) is 11.8. The molecular formula is C18H34O4S. The lowest BCUT2D eigenvalue weighted by Gasteiger charge is -2.26. The van der Waals surface area contributed by atoms with Crippen molar-refractivity contribution in [3.05, 3.63) is 0 Å². The molecule has 0 aromatic heterocycles. The minimum atomic E-state index is -1.73. The Bertz CT molecular complexity index is 338. The van der Waals surface area contributed by atoms with Gasteiger partial charge in [-0.2, -0.15) is 0 Å². The standard InChI is InChI=1S/C18H34O4S/c1-2-3-4-5-6-7-8-9-10-11-18(19)22-16-12-14-17(15-13-16)23(20)21/h16-17H,2-15H2,1H3,(H,20,21). The summed E-state index contributed by atoms with van der Waals surface area (Å²) in [5, 5.41) is -0.137. The molecule has 1 N–H and O–H groups in total. The van der Waals surface area contributed by atoms with Crippen LogP contribution in [0.3, 0.4) is 0 Å². The molecule has 1 atom stereocenters. The summed E-state index contributed by atoms with van der Waals surface area (Å²) in [7, 11) is 0. The molecule has 0 amide bonds. The predicted octanol–water partition coefficient (Wildman–Crippen LogP) is 4.98. The zero-order valence-electron chi connectivity index (χ0n) is 14.6. The number of hydrogen-bond acceptors (Lipinski definition) is 3. The zero-order chi connectivity index (χ0) is 16.9. The van der Waals surface area contributed by atoms with Gasteiger partial charge in [-0.1, -0.05) is 58.3 Å². The minimum Gasteiger partial charge on any atom is -0.462 e. The number of carbonyl (C=O) groups excluding carboxylic acids is 1. The predicted molar refractivity (Wildman–Crippen MR) is 94.8 cm³/mol. The van der Waals surface area contributed by atoms with Crippen molar-refractivity contribution < 1.29 is 18.3 Å². The highest BCUT2D eigenvalue weighted by molar-refractivity contribution is 7.79. The number of rotatable bonds is 12. The van der Waals surface area contributed by atoms with Crippen LogP contribution in [0.25, 0.3) is 0 Å². The fourth-order valence-electron chi connectivity index (χ4n) is 3.18. The largest absolute Gasteiger partial charge is 0.462 e. The molecule has 1 unspecified atom stereocenters. The average Bonchev–Trinajstić information content (AvgIpc) is 2.54. The van der Waals surface area contributed by atoms with Crippen molar-refractivity contribution in [2.75, 3.05) is 0 Å². The van der Waals surface area contributed by atoms with Crippen LogP contribution in [-0.2, 0) is 20.6 Å². The van der Waals surface area contributed by atoms with Crippen LogP contribution in [0, 0.1) is 0 Å². The van der Waals surface area contributed by atoms with E-state index in [4.69, 9.17) is 9.29 Å². The van der Waals surface area contributed by atoms with E-state index in [1.54, 1.807) is 0 Å². The van der Waals surface area contributed by atoms with E-state index in [-0.39, 0.29) is 17.3 Å². The molecule has 0 bridgehead atoms. The van der Waals surface area contributed by atoms with Gasteiger partial charge in [0.15, 0.2) is 11.1 Å². The SMILES string of the molecule is CCCCCCCCCCCC(=O)OC1CCC(S(=O)O)CC1. The van der Waals surface area contributed by atoms with Gasteiger partial charge in [-0.05, 0) is 32.1 Å². The molecule has 0 heterocycles. The van der Waals surface area contributed by atoms with Gasteiger partial charge in [0.25, 0.3) is 0 Å². The Morgan fingerprint density at radius 2 is 1.48 bits per heavy atom. The molecule has 23 heavy (non-hydrogen) atoms. The van der Waals surface area contributed by atoms with E-state index in [1.165, 1.54) is 44.9 Å². The lowest BCUT2D eigenvalue weighted by Crippen LogP contribution is -2.28. The van der Waals surface area contributed by atoms with Crippen LogP contribution in [0.15, 0.2) is 0 Å². The zero-order valence-corrected chi connectivity index (χ0v) is 15.5. The monoisotopic (exact) mass is 346 g/mol.